The van der Waals surface area contributed by atoms with E-state index >= 15 is 0 Å². The summed E-state index contributed by atoms with van der Waals surface area (Å²) in [7, 11) is 0. The summed E-state index contributed by atoms with van der Waals surface area (Å²) in [5.41, 5.74) is 0.354. The molecular formula is C16H20N2O3S. The van der Waals surface area contributed by atoms with E-state index in [1.54, 1.807) is 0 Å². The van der Waals surface area contributed by atoms with Gasteiger partial charge in [-0.1, -0.05) is 13.0 Å². The minimum absolute atomic E-state index is 0.0306. The third-order valence-corrected chi connectivity index (χ3v) is 5.58. The van der Waals surface area contributed by atoms with Crippen LogP contribution in [0.3, 0.4) is 0 Å². The fourth-order valence-electron chi connectivity index (χ4n) is 2.94. The fourth-order valence-corrected chi connectivity index (χ4v) is 3.65. The number of piperidine rings is 1. The van der Waals surface area contributed by atoms with Gasteiger partial charge in [0.25, 0.3) is 5.91 Å². The molecule has 2 aromatic rings. The van der Waals surface area contributed by atoms with Crippen molar-refractivity contribution in [3.05, 3.63) is 29.6 Å². The Labute approximate surface area is 133 Å². The smallest absolute Gasteiger partial charge is 0.276 e. The van der Waals surface area contributed by atoms with Crippen LogP contribution in [0.15, 0.2) is 28.3 Å². The van der Waals surface area contributed by atoms with Crippen LogP contribution in [0.1, 0.15) is 36.7 Å². The molecule has 1 saturated heterocycles. The number of hydrogen-bond donors (Lipinski definition) is 1. The first-order valence-corrected chi connectivity index (χ1v) is 8.44. The third kappa shape index (κ3) is 2.68. The zero-order valence-corrected chi connectivity index (χ0v) is 13.4. The molecule has 0 unspecified atom stereocenters. The molecule has 1 aliphatic rings. The van der Waals surface area contributed by atoms with Crippen molar-refractivity contribution >= 4 is 17.2 Å². The Kier molecular flexibility index (Phi) is 4.31. The SMILES string of the molecule is CCC1(CO)CCN(C(=O)c2ncoc2-c2cccs2)CC1. The lowest BCUT2D eigenvalue weighted by Gasteiger charge is -2.40. The summed E-state index contributed by atoms with van der Waals surface area (Å²) in [5.74, 6) is 0.467. The second kappa shape index (κ2) is 6.22. The lowest BCUT2D eigenvalue weighted by molar-refractivity contribution is 0.0335. The minimum atomic E-state index is -0.0835. The Morgan fingerprint density at radius 3 is 2.86 bits per heavy atom. The highest BCUT2D eigenvalue weighted by Crippen LogP contribution is 2.35. The van der Waals surface area contributed by atoms with Gasteiger partial charge in [-0.15, -0.1) is 11.3 Å². The first-order valence-electron chi connectivity index (χ1n) is 7.56. The molecule has 3 heterocycles. The standard InChI is InChI=1S/C16H20N2O3S/c1-2-16(10-19)5-7-18(8-6-16)15(20)13-14(21-11-17-13)12-4-3-9-22-12/h3-4,9,11,19H,2,5-8,10H2,1H3. The molecule has 1 N–H and O–H groups in total. The van der Waals surface area contributed by atoms with E-state index in [2.05, 4.69) is 11.9 Å². The summed E-state index contributed by atoms with van der Waals surface area (Å²) < 4.78 is 5.42. The van der Waals surface area contributed by atoms with Crippen molar-refractivity contribution in [2.24, 2.45) is 5.41 Å². The van der Waals surface area contributed by atoms with E-state index < -0.39 is 0 Å². The van der Waals surface area contributed by atoms with E-state index in [1.807, 2.05) is 22.4 Å². The zero-order chi connectivity index (χ0) is 15.6. The van der Waals surface area contributed by atoms with Crippen molar-refractivity contribution in [3.63, 3.8) is 0 Å². The molecule has 0 bridgehead atoms. The van der Waals surface area contributed by atoms with E-state index in [9.17, 15) is 9.90 Å². The van der Waals surface area contributed by atoms with Crippen LogP contribution in [0.2, 0.25) is 0 Å². The van der Waals surface area contributed by atoms with Crippen LogP contribution in [0, 0.1) is 5.41 Å². The van der Waals surface area contributed by atoms with E-state index in [0.29, 0.717) is 24.5 Å². The van der Waals surface area contributed by atoms with Crippen molar-refractivity contribution in [2.45, 2.75) is 26.2 Å². The van der Waals surface area contributed by atoms with E-state index in [0.717, 1.165) is 24.1 Å². The predicted molar refractivity (Wildman–Crippen MR) is 84.8 cm³/mol. The van der Waals surface area contributed by atoms with Gasteiger partial charge in [0.2, 0.25) is 0 Å². The predicted octanol–water partition coefficient (Wildman–Crippen LogP) is 3.03. The van der Waals surface area contributed by atoms with E-state index in [-0.39, 0.29) is 17.9 Å². The number of hydrogen-bond acceptors (Lipinski definition) is 5. The normalized spacial score (nSPS) is 17.6. The van der Waals surface area contributed by atoms with Gasteiger partial charge in [0.15, 0.2) is 17.8 Å². The summed E-state index contributed by atoms with van der Waals surface area (Å²) in [4.78, 5) is 19.6. The molecule has 6 heteroatoms. The molecule has 1 aliphatic heterocycles. The summed E-state index contributed by atoms with van der Waals surface area (Å²) in [6.45, 7) is 3.60. The number of aromatic nitrogens is 1. The van der Waals surface area contributed by atoms with E-state index in [1.165, 1.54) is 17.7 Å². The Morgan fingerprint density at radius 2 is 2.27 bits per heavy atom. The van der Waals surface area contributed by atoms with Crippen molar-refractivity contribution < 1.29 is 14.3 Å². The van der Waals surface area contributed by atoms with Gasteiger partial charge in [0, 0.05) is 19.7 Å². The largest absolute Gasteiger partial charge is 0.442 e. The summed E-state index contributed by atoms with van der Waals surface area (Å²) in [6, 6.07) is 3.85. The molecule has 5 nitrogen and oxygen atoms in total. The summed E-state index contributed by atoms with van der Waals surface area (Å²) >= 11 is 1.53. The molecular weight excluding hydrogens is 300 g/mol. The van der Waals surface area contributed by atoms with Crippen molar-refractivity contribution in [3.8, 4) is 10.6 Å². The van der Waals surface area contributed by atoms with Gasteiger partial charge in [-0.05, 0) is 36.1 Å². The van der Waals surface area contributed by atoms with Crippen molar-refractivity contribution in [1.29, 1.82) is 0 Å². The number of carbonyl (C=O) groups excluding carboxylic acids is 1. The van der Waals surface area contributed by atoms with Crippen molar-refractivity contribution in [1.82, 2.24) is 9.88 Å². The highest BCUT2D eigenvalue weighted by atomic mass is 32.1. The van der Waals surface area contributed by atoms with Crippen LogP contribution in [0.25, 0.3) is 10.6 Å². The first kappa shape index (κ1) is 15.2. The highest BCUT2D eigenvalue weighted by Gasteiger charge is 2.35. The lowest BCUT2D eigenvalue weighted by atomic mass is 9.77. The van der Waals surface area contributed by atoms with Gasteiger partial charge in [-0.25, -0.2) is 4.98 Å². The number of thiophene rings is 1. The molecule has 0 aromatic carbocycles. The summed E-state index contributed by atoms with van der Waals surface area (Å²) in [6.07, 6.45) is 3.93. The molecule has 2 aromatic heterocycles. The van der Waals surface area contributed by atoms with Gasteiger partial charge >= 0.3 is 0 Å². The number of oxazole rings is 1. The maximum absolute atomic E-state index is 12.7. The van der Waals surface area contributed by atoms with Gasteiger partial charge < -0.3 is 14.4 Å². The highest BCUT2D eigenvalue weighted by molar-refractivity contribution is 7.13. The number of nitrogens with zero attached hydrogens (tertiary/aromatic N) is 2. The number of aliphatic hydroxyl groups excluding tert-OH is 1. The van der Waals surface area contributed by atoms with Crippen LogP contribution in [-0.4, -0.2) is 40.6 Å². The summed E-state index contributed by atoms with van der Waals surface area (Å²) in [5, 5.41) is 11.5. The number of aliphatic hydroxyl groups is 1. The molecule has 118 valence electrons. The quantitative estimate of drug-likeness (QED) is 0.940. The molecule has 1 fully saturated rings. The van der Waals surface area contributed by atoms with Crippen LogP contribution < -0.4 is 0 Å². The maximum Gasteiger partial charge on any atom is 0.276 e. The van der Waals surface area contributed by atoms with Crippen LogP contribution in [0.5, 0.6) is 0 Å². The molecule has 0 aliphatic carbocycles. The number of rotatable bonds is 4. The van der Waals surface area contributed by atoms with Crippen LogP contribution in [-0.2, 0) is 0 Å². The molecule has 3 rings (SSSR count). The number of amides is 1. The minimum Gasteiger partial charge on any atom is -0.442 e. The van der Waals surface area contributed by atoms with Gasteiger partial charge in [0.1, 0.15) is 0 Å². The van der Waals surface area contributed by atoms with E-state index in [4.69, 9.17) is 4.42 Å². The number of likely N-dealkylation sites (tertiary alicyclic amines) is 1. The Bertz CT molecular complexity index is 622. The molecule has 1 amide bonds. The zero-order valence-electron chi connectivity index (χ0n) is 12.6. The Balaban J connectivity index is 1.75. The Morgan fingerprint density at radius 1 is 1.50 bits per heavy atom. The van der Waals surface area contributed by atoms with Gasteiger partial charge in [-0.3, -0.25) is 4.79 Å². The molecule has 0 radical (unpaired) electrons. The lowest BCUT2D eigenvalue weighted by Crippen LogP contribution is -2.44. The van der Waals surface area contributed by atoms with Crippen LogP contribution >= 0.6 is 11.3 Å². The topological polar surface area (TPSA) is 66.6 Å². The maximum atomic E-state index is 12.7. The average Bonchev–Trinajstić information content (AvgIpc) is 3.24. The second-order valence-electron chi connectivity index (χ2n) is 5.81. The molecule has 0 saturated carbocycles. The Hall–Kier alpha value is -1.66. The monoisotopic (exact) mass is 320 g/mol. The molecule has 22 heavy (non-hydrogen) atoms. The molecule has 0 spiro atoms. The van der Waals surface area contributed by atoms with Gasteiger partial charge in [0.05, 0.1) is 4.88 Å². The fraction of sp³-hybridized carbons (Fsp3) is 0.500. The molecule has 0 atom stereocenters. The van der Waals surface area contributed by atoms with Crippen molar-refractivity contribution in [2.75, 3.05) is 19.7 Å². The van der Waals surface area contributed by atoms with Crippen LogP contribution in [0.4, 0.5) is 0 Å². The number of carbonyl (C=O) groups is 1. The first-order chi connectivity index (χ1) is 10.7. The third-order valence-electron chi connectivity index (χ3n) is 4.71. The van der Waals surface area contributed by atoms with Gasteiger partial charge in [-0.2, -0.15) is 0 Å². The average molecular weight is 320 g/mol. The second-order valence-corrected chi connectivity index (χ2v) is 6.76.